The topological polar surface area (TPSA) is 93.3 Å². The first-order chi connectivity index (χ1) is 10.1. The van der Waals surface area contributed by atoms with E-state index in [1.54, 1.807) is 32.7 Å². The Morgan fingerprint density at radius 2 is 1.76 bits per heavy atom. The number of nitrogens with one attached hydrogen (secondary N) is 2. The van der Waals surface area contributed by atoms with Crippen LogP contribution in [0.25, 0.3) is 0 Å². The first-order valence-corrected chi connectivity index (χ1v) is 6.60. The summed E-state index contributed by atoms with van der Waals surface area (Å²) in [6.07, 6.45) is 0. The maximum absolute atomic E-state index is 11.6. The summed E-state index contributed by atoms with van der Waals surface area (Å²) in [6.45, 7) is 0.841. The van der Waals surface area contributed by atoms with Crippen molar-refractivity contribution in [2.75, 3.05) is 34.4 Å². The van der Waals surface area contributed by atoms with Crippen LogP contribution in [0.15, 0.2) is 18.2 Å². The largest absolute Gasteiger partial charge is 0.493 e. The number of nitrogens with two attached hydrogens (primary N) is 1. The first-order valence-electron chi connectivity index (χ1n) is 6.60. The molecule has 116 valence electrons. The van der Waals surface area contributed by atoms with Gasteiger partial charge in [0.05, 0.1) is 14.2 Å². The third kappa shape index (κ3) is 5.70. The zero-order valence-corrected chi connectivity index (χ0v) is 12.6. The molecule has 0 saturated carbocycles. The summed E-state index contributed by atoms with van der Waals surface area (Å²) in [5.74, 6) is 1.03. The van der Waals surface area contributed by atoms with E-state index in [2.05, 4.69) is 10.6 Å². The summed E-state index contributed by atoms with van der Waals surface area (Å²) >= 11 is 0. The predicted octanol–water partition coefficient (Wildman–Crippen LogP) is -1.37. The van der Waals surface area contributed by atoms with E-state index in [4.69, 9.17) is 9.47 Å². The minimum Gasteiger partial charge on any atom is -0.493 e. The van der Waals surface area contributed by atoms with Gasteiger partial charge in [-0.2, -0.15) is 0 Å². The highest BCUT2D eigenvalue weighted by molar-refractivity contribution is 5.78. The van der Waals surface area contributed by atoms with E-state index in [9.17, 15) is 9.59 Å². The summed E-state index contributed by atoms with van der Waals surface area (Å²) in [6, 6.07) is 5.46. The van der Waals surface area contributed by atoms with Crippen LogP contribution < -0.4 is 25.4 Å². The van der Waals surface area contributed by atoms with Crippen LogP contribution in [0.4, 0.5) is 0 Å². The van der Waals surface area contributed by atoms with E-state index in [0.29, 0.717) is 18.0 Å². The zero-order chi connectivity index (χ0) is 15.7. The van der Waals surface area contributed by atoms with Gasteiger partial charge < -0.3 is 25.4 Å². The lowest BCUT2D eigenvalue weighted by atomic mass is 10.2. The van der Waals surface area contributed by atoms with Crippen molar-refractivity contribution in [3.8, 4) is 11.5 Å². The Morgan fingerprint density at radius 1 is 1.10 bits per heavy atom. The molecule has 7 nitrogen and oxygen atoms in total. The molecule has 2 amide bonds. The number of quaternary nitrogens is 1. The van der Waals surface area contributed by atoms with Gasteiger partial charge >= 0.3 is 0 Å². The molecule has 0 fully saturated rings. The molecule has 0 aliphatic heterocycles. The van der Waals surface area contributed by atoms with Crippen LogP contribution in [0.2, 0.25) is 0 Å². The van der Waals surface area contributed by atoms with E-state index in [1.807, 2.05) is 12.1 Å². The number of benzene rings is 1. The Kier molecular flexibility index (Phi) is 7.03. The fraction of sp³-hybridized carbons (Fsp3) is 0.429. The van der Waals surface area contributed by atoms with E-state index >= 15 is 0 Å². The van der Waals surface area contributed by atoms with Crippen LogP contribution in [0.3, 0.4) is 0 Å². The highest BCUT2D eigenvalue weighted by Gasteiger charge is 2.08. The molecule has 0 aliphatic carbocycles. The number of likely N-dealkylation sites (N-methyl/N-ethyl adjacent to an activating group) is 1. The molecule has 4 N–H and O–H groups in total. The van der Waals surface area contributed by atoms with Gasteiger partial charge in [0.15, 0.2) is 24.6 Å². The standard InChI is InChI=1S/C14H21N3O4/c1-15-13(18)8-16-9-14(19)17-7-10-4-5-11(20-2)12(6-10)21-3/h4-6,16H,7-9H2,1-3H3,(H,15,18)(H,17,19)/p+1. The van der Waals surface area contributed by atoms with Gasteiger partial charge in [-0.25, -0.2) is 0 Å². The van der Waals surface area contributed by atoms with Gasteiger partial charge in [0, 0.05) is 13.6 Å². The van der Waals surface area contributed by atoms with Gasteiger partial charge in [0.25, 0.3) is 11.8 Å². The maximum atomic E-state index is 11.6. The van der Waals surface area contributed by atoms with Crippen molar-refractivity contribution >= 4 is 11.8 Å². The summed E-state index contributed by atoms with van der Waals surface area (Å²) < 4.78 is 10.3. The van der Waals surface area contributed by atoms with Gasteiger partial charge in [-0.3, -0.25) is 9.59 Å². The second-order valence-corrected chi connectivity index (χ2v) is 4.34. The van der Waals surface area contributed by atoms with Crippen LogP contribution >= 0.6 is 0 Å². The van der Waals surface area contributed by atoms with Crippen molar-refractivity contribution < 1.29 is 24.4 Å². The average Bonchev–Trinajstić information content (AvgIpc) is 2.52. The summed E-state index contributed by atoms with van der Waals surface area (Å²) in [7, 11) is 4.70. The molecule has 0 heterocycles. The molecule has 0 saturated heterocycles. The lowest BCUT2D eigenvalue weighted by molar-refractivity contribution is -0.633. The van der Waals surface area contributed by atoms with E-state index < -0.39 is 0 Å². The summed E-state index contributed by atoms with van der Waals surface area (Å²) in [4.78, 5) is 22.6. The zero-order valence-electron chi connectivity index (χ0n) is 12.6. The fourth-order valence-corrected chi connectivity index (χ4v) is 1.70. The molecule has 0 unspecified atom stereocenters. The number of methoxy groups -OCH3 is 2. The van der Waals surface area contributed by atoms with E-state index in [-0.39, 0.29) is 24.9 Å². The Balaban J connectivity index is 2.40. The van der Waals surface area contributed by atoms with E-state index in [0.717, 1.165) is 5.56 Å². The number of carbonyl (C=O) groups excluding carboxylic acids is 2. The van der Waals surface area contributed by atoms with Crippen molar-refractivity contribution in [2.24, 2.45) is 0 Å². The number of amides is 2. The first kappa shape index (κ1) is 16.8. The smallest absolute Gasteiger partial charge is 0.275 e. The minimum atomic E-state index is -0.131. The normalized spacial score (nSPS) is 9.86. The average molecular weight is 296 g/mol. The van der Waals surface area contributed by atoms with Crippen molar-refractivity contribution in [3.63, 3.8) is 0 Å². The molecule has 0 aromatic heterocycles. The third-order valence-corrected chi connectivity index (χ3v) is 2.88. The number of rotatable bonds is 8. The molecule has 7 heteroatoms. The number of ether oxygens (including phenoxy) is 2. The second-order valence-electron chi connectivity index (χ2n) is 4.34. The van der Waals surface area contributed by atoms with Gasteiger partial charge in [0.1, 0.15) is 0 Å². The molecule has 21 heavy (non-hydrogen) atoms. The van der Waals surface area contributed by atoms with Crippen LogP contribution in [-0.4, -0.2) is 46.2 Å². The van der Waals surface area contributed by atoms with Gasteiger partial charge in [-0.1, -0.05) is 6.07 Å². The predicted molar refractivity (Wildman–Crippen MR) is 77.1 cm³/mol. The highest BCUT2D eigenvalue weighted by Crippen LogP contribution is 2.27. The molecular weight excluding hydrogens is 274 g/mol. The van der Waals surface area contributed by atoms with Gasteiger partial charge in [0.2, 0.25) is 0 Å². The van der Waals surface area contributed by atoms with Gasteiger partial charge in [-0.05, 0) is 17.7 Å². The molecule has 1 aromatic carbocycles. The lowest BCUT2D eigenvalue weighted by Gasteiger charge is -2.10. The molecular formula is C14H22N3O4+. The van der Waals surface area contributed by atoms with Crippen molar-refractivity contribution in [1.29, 1.82) is 0 Å². The minimum absolute atomic E-state index is 0.109. The molecule has 0 spiro atoms. The van der Waals surface area contributed by atoms with Gasteiger partial charge in [-0.15, -0.1) is 0 Å². The molecule has 1 rings (SSSR count). The van der Waals surface area contributed by atoms with Crippen molar-refractivity contribution in [2.45, 2.75) is 6.54 Å². The maximum Gasteiger partial charge on any atom is 0.275 e. The highest BCUT2D eigenvalue weighted by atomic mass is 16.5. The Labute approximate surface area is 124 Å². The van der Waals surface area contributed by atoms with Crippen molar-refractivity contribution in [1.82, 2.24) is 10.6 Å². The Hall–Kier alpha value is -2.28. The molecule has 0 aliphatic rings. The van der Waals surface area contributed by atoms with E-state index in [1.165, 1.54) is 0 Å². The number of carbonyl (C=O) groups is 2. The van der Waals surface area contributed by atoms with Crippen LogP contribution in [0, 0.1) is 0 Å². The SMILES string of the molecule is CNC(=O)C[NH2+]CC(=O)NCc1ccc(OC)c(OC)c1. The lowest BCUT2D eigenvalue weighted by Crippen LogP contribution is -2.88. The monoisotopic (exact) mass is 296 g/mol. The second kappa shape index (κ2) is 8.80. The Bertz CT molecular complexity index is 491. The third-order valence-electron chi connectivity index (χ3n) is 2.88. The van der Waals surface area contributed by atoms with Crippen LogP contribution in [-0.2, 0) is 16.1 Å². The number of hydrogen-bond acceptors (Lipinski definition) is 4. The summed E-state index contributed by atoms with van der Waals surface area (Å²) in [5.41, 5.74) is 0.910. The molecule has 1 aromatic rings. The van der Waals surface area contributed by atoms with Crippen LogP contribution in [0.1, 0.15) is 5.56 Å². The molecule has 0 bridgehead atoms. The number of hydrogen-bond donors (Lipinski definition) is 3. The van der Waals surface area contributed by atoms with Crippen molar-refractivity contribution in [3.05, 3.63) is 23.8 Å². The Morgan fingerprint density at radius 3 is 2.38 bits per heavy atom. The quantitative estimate of drug-likeness (QED) is 0.552. The molecule has 0 radical (unpaired) electrons. The summed E-state index contributed by atoms with van der Waals surface area (Å²) in [5, 5.41) is 6.92. The van der Waals surface area contributed by atoms with Crippen LogP contribution in [0.5, 0.6) is 11.5 Å². The molecule has 0 atom stereocenters. The fourth-order valence-electron chi connectivity index (χ4n) is 1.70.